The number of amides is 1. The minimum absolute atomic E-state index is 0.149. The Morgan fingerprint density at radius 1 is 0.905 bits per heavy atom. The molecule has 1 N–H and O–H groups in total. The van der Waals surface area contributed by atoms with Gasteiger partial charge in [-0.15, -0.1) is 0 Å². The molecule has 6 heteroatoms. The number of benzene rings is 2. The first kappa shape index (κ1) is 16.4. The first-order chi connectivity index (χ1) is 9.97. The van der Waals surface area contributed by atoms with Gasteiger partial charge in [0.15, 0.2) is 0 Å². The van der Waals surface area contributed by atoms with Crippen LogP contribution in [0.4, 0.5) is 5.69 Å². The monoisotopic (exact) mass is 361 g/mol. The van der Waals surface area contributed by atoms with Gasteiger partial charge < -0.3 is 5.32 Å². The summed E-state index contributed by atoms with van der Waals surface area (Å²) in [7, 11) is 0. The van der Waals surface area contributed by atoms with Crippen molar-refractivity contribution in [2.45, 2.75) is 12.8 Å². The van der Waals surface area contributed by atoms with Crippen LogP contribution in [0.3, 0.4) is 0 Å². The standard InChI is InChI=1S/C15H11Cl4NO/c16-11-2-1-3-12(17)10(11)5-7-15(21)20-9-4-6-13(18)14(19)8-9/h1-4,6,8H,5,7H2,(H,20,21). The molecule has 2 rings (SSSR count). The zero-order valence-corrected chi connectivity index (χ0v) is 13.8. The molecule has 0 saturated heterocycles. The lowest BCUT2D eigenvalue weighted by atomic mass is 10.1. The fraction of sp³-hybridized carbons (Fsp3) is 0.133. The highest BCUT2D eigenvalue weighted by Gasteiger charge is 2.09. The molecule has 0 aliphatic rings. The summed E-state index contributed by atoms with van der Waals surface area (Å²) in [4.78, 5) is 11.9. The Morgan fingerprint density at radius 2 is 1.57 bits per heavy atom. The van der Waals surface area contributed by atoms with Gasteiger partial charge in [-0.2, -0.15) is 0 Å². The first-order valence-corrected chi connectivity index (χ1v) is 7.66. The second-order valence-electron chi connectivity index (χ2n) is 4.38. The molecule has 2 aromatic rings. The van der Waals surface area contributed by atoms with Crippen LogP contribution in [-0.4, -0.2) is 5.91 Å². The summed E-state index contributed by atoms with van der Waals surface area (Å²) < 4.78 is 0. The molecule has 0 bridgehead atoms. The summed E-state index contributed by atoms with van der Waals surface area (Å²) in [5.41, 5.74) is 1.37. The normalized spacial score (nSPS) is 10.5. The van der Waals surface area contributed by atoms with Gasteiger partial charge in [0.25, 0.3) is 0 Å². The zero-order chi connectivity index (χ0) is 15.4. The van der Waals surface area contributed by atoms with Crippen LogP contribution in [0.25, 0.3) is 0 Å². The molecule has 0 radical (unpaired) electrons. The van der Waals surface area contributed by atoms with Crippen LogP contribution in [0.15, 0.2) is 36.4 Å². The Kier molecular flexibility index (Phi) is 5.77. The average molecular weight is 363 g/mol. The van der Waals surface area contributed by atoms with E-state index in [4.69, 9.17) is 46.4 Å². The predicted octanol–water partition coefficient (Wildman–Crippen LogP) is 5.87. The van der Waals surface area contributed by atoms with Gasteiger partial charge in [0.05, 0.1) is 10.0 Å². The highest BCUT2D eigenvalue weighted by Crippen LogP contribution is 2.27. The van der Waals surface area contributed by atoms with E-state index in [0.29, 0.717) is 32.2 Å². The molecule has 0 aromatic heterocycles. The molecular formula is C15H11Cl4NO. The third kappa shape index (κ3) is 4.52. The smallest absolute Gasteiger partial charge is 0.224 e. The Hall–Kier alpha value is -0.930. The second kappa shape index (κ2) is 7.37. The van der Waals surface area contributed by atoms with Crippen molar-refractivity contribution in [3.63, 3.8) is 0 Å². The maximum atomic E-state index is 11.9. The van der Waals surface area contributed by atoms with Crippen molar-refractivity contribution in [2.24, 2.45) is 0 Å². The highest BCUT2D eigenvalue weighted by molar-refractivity contribution is 6.42. The maximum absolute atomic E-state index is 11.9. The summed E-state index contributed by atoms with van der Waals surface area (Å²) >= 11 is 23.8. The van der Waals surface area contributed by atoms with Gasteiger partial charge in [-0.3, -0.25) is 4.79 Å². The molecule has 110 valence electrons. The fourth-order valence-corrected chi connectivity index (χ4v) is 2.69. The van der Waals surface area contributed by atoms with Gasteiger partial charge in [-0.25, -0.2) is 0 Å². The summed E-state index contributed by atoms with van der Waals surface area (Å²) in [5, 5.41) is 4.71. The molecule has 2 aromatic carbocycles. The molecule has 0 aliphatic heterocycles. The summed E-state index contributed by atoms with van der Waals surface area (Å²) in [6.45, 7) is 0. The number of hydrogen-bond acceptors (Lipinski definition) is 1. The molecule has 21 heavy (non-hydrogen) atoms. The van der Waals surface area contributed by atoms with Crippen molar-refractivity contribution in [1.82, 2.24) is 0 Å². The number of halogens is 4. The topological polar surface area (TPSA) is 29.1 Å². The van der Waals surface area contributed by atoms with Crippen LogP contribution in [-0.2, 0) is 11.2 Å². The molecular weight excluding hydrogens is 352 g/mol. The quantitative estimate of drug-likeness (QED) is 0.723. The van der Waals surface area contributed by atoms with Crippen LogP contribution >= 0.6 is 46.4 Å². The van der Waals surface area contributed by atoms with Crippen molar-refractivity contribution >= 4 is 58.0 Å². The molecule has 0 atom stereocenters. The molecule has 0 fully saturated rings. The Bertz CT molecular complexity index is 652. The van der Waals surface area contributed by atoms with Crippen LogP contribution < -0.4 is 5.32 Å². The molecule has 0 spiro atoms. The number of anilines is 1. The van der Waals surface area contributed by atoms with E-state index >= 15 is 0 Å². The van der Waals surface area contributed by atoms with Gasteiger partial charge in [0, 0.05) is 22.2 Å². The van der Waals surface area contributed by atoms with Crippen molar-refractivity contribution in [1.29, 1.82) is 0 Å². The largest absolute Gasteiger partial charge is 0.326 e. The van der Waals surface area contributed by atoms with E-state index in [9.17, 15) is 4.79 Å². The van der Waals surface area contributed by atoms with Gasteiger partial charge in [0.2, 0.25) is 5.91 Å². The van der Waals surface area contributed by atoms with Gasteiger partial charge in [0.1, 0.15) is 0 Å². The number of rotatable bonds is 4. The van der Waals surface area contributed by atoms with E-state index < -0.39 is 0 Å². The first-order valence-electron chi connectivity index (χ1n) is 6.15. The van der Waals surface area contributed by atoms with Crippen LogP contribution in [0.1, 0.15) is 12.0 Å². The summed E-state index contributed by atoms with van der Waals surface area (Å²) in [5.74, 6) is -0.149. The lowest BCUT2D eigenvalue weighted by Crippen LogP contribution is -2.12. The van der Waals surface area contributed by atoms with E-state index in [1.165, 1.54) is 0 Å². The lowest BCUT2D eigenvalue weighted by molar-refractivity contribution is -0.116. The maximum Gasteiger partial charge on any atom is 0.224 e. The molecule has 1 amide bonds. The SMILES string of the molecule is O=C(CCc1c(Cl)cccc1Cl)Nc1ccc(Cl)c(Cl)c1. The van der Waals surface area contributed by atoms with Crippen LogP contribution in [0.5, 0.6) is 0 Å². The third-order valence-corrected chi connectivity index (χ3v) is 4.31. The second-order valence-corrected chi connectivity index (χ2v) is 6.01. The van der Waals surface area contributed by atoms with Crippen LogP contribution in [0, 0.1) is 0 Å². The van der Waals surface area contributed by atoms with Gasteiger partial charge >= 0.3 is 0 Å². The number of hydrogen-bond donors (Lipinski definition) is 1. The van der Waals surface area contributed by atoms with E-state index in [0.717, 1.165) is 5.56 Å². The van der Waals surface area contributed by atoms with Gasteiger partial charge in [-0.1, -0.05) is 52.5 Å². The molecule has 0 saturated carbocycles. The average Bonchev–Trinajstić information content (AvgIpc) is 2.42. The number of carbonyl (C=O) groups is 1. The number of nitrogens with one attached hydrogen (secondary N) is 1. The van der Waals surface area contributed by atoms with Crippen molar-refractivity contribution in [3.8, 4) is 0 Å². The molecule has 0 aliphatic carbocycles. The number of carbonyl (C=O) groups excluding carboxylic acids is 1. The summed E-state index contributed by atoms with van der Waals surface area (Å²) in [6.07, 6.45) is 0.732. The van der Waals surface area contributed by atoms with Crippen molar-refractivity contribution < 1.29 is 4.79 Å². The van der Waals surface area contributed by atoms with E-state index in [1.807, 2.05) is 0 Å². The minimum Gasteiger partial charge on any atom is -0.326 e. The zero-order valence-electron chi connectivity index (χ0n) is 10.8. The van der Waals surface area contributed by atoms with E-state index in [-0.39, 0.29) is 12.3 Å². The molecule has 0 heterocycles. The Morgan fingerprint density at radius 3 is 2.19 bits per heavy atom. The van der Waals surface area contributed by atoms with Crippen LogP contribution in [0.2, 0.25) is 20.1 Å². The van der Waals surface area contributed by atoms with E-state index in [1.54, 1.807) is 36.4 Å². The lowest BCUT2D eigenvalue weighted by Gasteiger charge is -2.08. The Labute approximate surface area is 143 Å². The third-order valence-electron chi connectivity index (χ3n) is 2.87. The molecule has 2 nitrogen and oxygen atoms in total. The summed E-state index contributed by atoms with van der Waals surface area (Å²) in [6, 6.07) is 10.2. The minimum atomic E-state index is -0.149. The van der Waals surface area contributed by atoms with E-state index in [2.05, 4.69) is 5.32 Å². The molecule has 0 unspecified atom stereocenters. The fourth-order valence-electron chi connectivity index (χ4n) is 1.81. The predicted molar refractivity (Wildman–Crippen MR) is 89.9 cm³/mol. The highest BCUT2D eigenvalue weighted by atomic mass is 35.5. The Balaban J connectivity index is 1.97. The van der Waals surface area contributed by atoms with Crippen molar-refractivity contribution in [3.05, 3.63) is 62.1 Å². The van der Waals surface area contributed by atoms with Crippen molar-refractivity contribution in [2.75, 3.05) is 5.32 Å². The van der Waals surface area contributed by atoms with Gasteiger partial charge in [-0.05, 0) is 42.3 Å².